The second-order valence-corrected chi connectivity index (χ2v) is 4.71. The Morgan fingerprint density at radius 2 is 2.00 bits per heavy atom. The molecule has 2 nitrogen and oxygen atoms in total. The molecule has 0 bridgehead atoms. The monoisotopic (exact) mass is 278 g/mol. The first-order valence-electron chi connectivity index (χ1n) is 5.83. The SMILES string of the molecule is FC(F)(F)C1CCN(c2ccncc2CCl)CC1. The summed E-state index contributed by atoms with van der Waals surface area (Å²) in [7, 11) is 0. The Kier molecular flexibility index (Phi) is 4.00. The summed E-state index contributed by atoms with van der Waals surface area (Å²) in [5.74, 6) is -0.849. The molecule has 0 unspecified atom stereocenters. The molecule has 0 aromatic carbocycles. The van der Waals surface area contributed by atoms with Crippen molar-refractivity contribution < 1.29 is 13.2 Å². The summed E-state index contributed by atoms with van der Waals surface area (Å²) in [6.45, 7) is 0.830. The van der Waals surface area contributed by atoms with Crippen LogP contribution in [0, 0.1) is 5.92 Å². The molecule has 6 heteroatoms. The molecule has 1 fully saturated rings. The Labute approximate surface area is 109 Å². The molecule has 0 radical (unpaired) electrons. The van der Waals surface area contributed by atoms with Crippen LogP contribution in [0.15, 0.2) is 18.5 Å². The fourth-order valence-corrected chi connectivity index (χ4v) is 2.48. The van der Waals surface area contributed by atoms with E-state index in [-0.39, 0.29) is 12.8 Å². The van der Waals surface area contributed by atoms with Gasteiger partial charge >= 0.3 is 6.18 Å². The van der Waals surface area contributed by atoms with E-state index in [0.29, 0.717) is 19.0 Å². The van der Waals surface area contributed by atoms with E-state index >= 15 is 0 Å². The third kappa shape index (κ3) is 2.88. The van der Waals surface area contributed by atoms with Crippen molar-refractivity contribution in [2.45, 2.75) is 24.9 Å². The third-order valence-electron chi connectivity index (χ3n) is 3.32. The van der Waals surface area contributed by atoms with Crippen molar-refractivity contribution in [2.75, 3.05) is 18.0 Å². The maximum atomic E-state index is 12.6. The molecule has 1 saturated heterocycles. The van der Waals surface area contributed by atoms with Crippen LogP contribution in [-0.2, 0) is 5.88 Å². The van der Waals surface area contributed by atoms with Crippen molar-refractivity contribution >= 4 is 17.3 Å². The second kappa shape index (κ2) is 5.34. The number of hydrogen-bond acceptors (Lipinski definition) is 2. The minimum atomic E-state index is -4.07. The van der Waals surface area contributed by atoms with Gasteiger partial charge in [0, 0.05) is 36.7 Å². The van der Waals surface area contributed by atoms with Crippen LogP contribution < -0.4 is 4.90 Å². The van der Waals surface area contributed by atoms with E-state index in [0.717, 1.165) is 11.3 Å². The first-order valence-corrected chi connectivity index (χ1v) is 6.36. The van der Waals surface area contributed by atoms with E-state index < -0.39 is 12.1 Å². The lowest BCUT2D eigenvalue weighted by Gasteiger charge is -2.35. The number of piperidine rings is 1. The number of hydrogen-bond donors (Lipinski definition) is 0. The standard InChI is InChI=1S/C12H14ClF3N2/c13-7-9-8-17-4-1-11(9)18-5-2-10(3-6-18)12(14,15)16/h1,4,8,10H,2-3,5-7H2. The molecule has 0 atom stereocenters. The fourth-order valence-electron chi connectivity index (χ4n) is 2.28. The van der Waals surface area contributed by atoms with Crippen LogP contribution in [-0.4, -0.2) is 24.2 Å². The summed E-state index contributed by atoms with van der Waals surface area (Å²) >= 11 is 5.81. The minimum Gasteiger partial charge on any atom is -0.371 e. The summed E-state index contributed by atoms with van der Waals surface area (Å²) < 4.78 is 37.7. The van der Waals surface area contributed by atoms with Crippen LogP contribution in [0.25, 0.3) is 0 Å². The van der Waals surface area contributed by atoms with Crippen molar-refractivity contribution in [3.8, 4) is 0 Å². The Balaban J connectivity index is 2.06. The lowest BCUT2D eigenvalue weighted by Crippen LogP contribution is -2.39. The van der Waals surface area contributed by atoms with Gasteiger partial charge in [-0.1, -0.05) is 0 Å². The van der Waals surface area contributed by atoms with Gasteiger partial charge in [0.1, 0.15) is 0 Å². The van der Waals surface area contributed by atoms with E-state index in [1.165, 1.54) is 0 Å². The largest absolute Gasteiger partial charge is 0.391 e. The molecular weight excluding hydrogens is 265 g/mol. The number of aromatic nitrogens is 1. The van der Waals surface area contributed by atoms with Crippen molar-refractivity contribution in [1.82, 2.24) is 4.98 Å². The van der Waals surface area contributed by atoms with Gasteiger partial charge in [0.05, 0.1) is 11.8 Å². The molecule has 1 aliphatic rings. The van der Waals surface area contributed by atoms with Gasteiger partial charge in [0.15, 0.2) is 0 Å². The van der Waals surface area contributed by atoms with Gasteiger partial charge < -0.3 is 4.90 Å². The number of rotatable bonds is 2. The summed E-state index contributed by atoms with van der Waals surface area (Å²) in [5.41, 5.74) is 1.77. The Morgan fingerprint density at radius 1 is 1.33 bits per heavy atom. The molecule has 100 valence electrons. The molecule has 1 aromatic rings. The van der Waals surface area contributed by atoms with E-state index in [1.807, 2.05) is 11.0 Å². The molecule has 2 rings (SSSR count). The van der Waals surface area contributed by atoms with Crippen LogP contribution in [0.3, 0.4) is 0 Å². The molecule has 2 heterocycles. The molecule has 0 amide bonds. The molecular formula is C12H14ClF3N2. The molecule has 0 N–H and O–H groups in total. The second-order valence-electron chi connectivity index (χ2n) is 4.44. The number of anilines is 1. The van der Waals surface area contributed by atoms with Gasteiger partial charge in [-0.05, 0) is 18.9 Å². The third-order valence-corrected chi connectivity index (χ3v) is 3.61. The van der Waals surface area contributed by atoms with Gasteiger partial charge in [-0.15, -0.1) is 11.6 Å². The highest BCUT2D eigenvalue weighted by atomic mass is 35.5. The zero-order valence-corrected chi connectivity index (χ0v) is 10.5. The maximum absolute atomic E-state index is 12.6. The van der Waals surface area contributed by atoms with Crippen LogP contribution in [0.1, 0.15) is 18.4 Å². The maximum Gasteiger partial charge on any atom is 0.391 e. The van der Waals surface area contributed by atoms with Crippen molar-refractivity contribution in [2.24, 2.45) is 5.92 Å². The zero-order chi connectivity index (χ0) is 13.2. The number of pyridine rings is 1. The summed E-state index contributed by atoms with van der Waals surface area (Å²) in [4.78, 5) is 5.93. The summed E-state index contributed by atoms with van der Waals surface area (Å²) in [6, 6.07) is 1.81. The smallest absolute Gasteiger partial charge is 0.371 e. The molecule has 1 aliphatic heterocycles. The van der Waals surface area contributed by atoms with Gasteiger partial charge in [0.25, 0.3) is 0 Å². The Bertz CT molecular complexity index is 401. The van der Waals surface area contributed by atoms with E-state index in [9.17, 15) is 13.2 Å². The van der Waals surface area contributed by atoms with E-state index in [1.54, 1.807) is 12.4 Å². The average Bonchev–Trinajstić information content (AvgIpc) is 2.38. The van der Waals surface area contributed by atoms with Gasteiger partial charge in [-0.25, -0.2) is 0 Å². The predicted molar refractivity (Wildman–Crippen MR) is 64.8 cm³/mol. The van der Waals surface area contributed by atoms with E-state index in [4.69, 9.17) is 11.6 Å². The van der Waals surface area contributed by atoms with Gasteiger partial charge in [-0.2, -0.15) is 13.2 Å². The normalized spacial score (nSPS) is 18.1. The highest BCUT2D eigenvalue weighted by Crippen LogP contribution is 2.36. The zero-order valence-electron chi connectivity index (χ0n) is 9.75. The van der Waals surface area contributed by atoms with Crippen LogP contribution in [0.4, 0.5) is 18.9 Å². The molecule has 0 saturated carbocycles. The molecule has 1 aromatic heterocycles. The highest BCUT2D eigenvalue weighted by Gasteiger charge is 2.41. The van der Waals surface area contributed by atoms with Crippen molar-refractivity contribution in [3.63, 3.8) is 0 Å². The topological polar surface area (TPSA) is 16.1 Å². The number of alkyl halides is 4. The molecule has 0 spiro atoms. The Hall–Kier alpha value is -0.970. The van der Waals surface area contributed by atoms with E-state index in [2.05, 4.69) is 4.98 Å². The van der Waals surface area contributed by atoms with Crippen LogP contribution in [0.2, 0.25) is 0 Å². The number of nitrogens with zero attached hydrogens (tertiary/aromatic N) is 2. The molecule has 0 aliphatic carbocycles. The number of halogens is 4. The lowest BCUT2D eigenvalue weighted by atomic mass is 9.95. The minimum absolute atomic E-state index is 0.146. The fraction of sp³-hybridized carbons (Fsp3) is 0.583. The van der Waals surface area contributed by atoms with Crippen molar-refractivity contribution in [1.29, 1.82) is 0 Å². The summed E-state index contributed by atoms with van der Waals surface area (Å²) in [5, 5.41) is 0. The highest BCUT2D eigenvalue weighted by molar-refractivity contribution is 6.17. The van der Waals surface area contributed by atoms with Crippen molar-refractivity contribution in [3.05, 3.63) is 24.0 Å². The lowest BCUT2D eigenvalue weighted by molar-refractivity contribution is -0.179. The quantitative estimate of drug-likeness (QED) is 0.769. The Morgan fingerprint density at radius 3 is 2.56 bits per heavy atom. The predicted octanol–water partition coefficient (Wildman–Crippen LogP) is 3.60. The van der Waals surface area contributed by atoms with Crippen LogP contribution in [0.5, 0.6) is 0 Å². The van der Waals surface area contributed by atoms with Crippen LogP contribution >= 0.6 is 11.6 Å². The van der Waals surface area contributed by atoms with Gasteiger partial charge in [0.2, 0.25) is 0 Å². The summed E-state index contributed by atoms with van der Waals surface area (Å²) in [6.07, 6.45) is -0.472. The average molecular weight is 279 g/mol. The first-order chi connectivity index (χ1) is 8.52. The molecule has 18 heavy (non-hydrogen) atoms. The first kappa shape index (κ1) is 13.5. The van der Waals surface area contributed by atoms with Gasteiger partial charge in [-0.3, -0.25) is 4.98 Å².